The largest absolute Gasteiger partial charge is 0.245 e. The number of nitrogens with zero attached hydrogens (tertiary/aromatic N) is 1. The summed E-state index contributed by atoms with van der Waals surface area (Å²) in [5, 5.41) is 5.31. The number of aromatic nitrogens is 1. The molecule has 3 nitrogen and oxygen atoms in total. The summed E-state index contributed by atoms with van der Waals surface area (Å²) in [6.07, 6.45) is 0. The monoisotopic (exact) mass is 230 g/mol. The van der Waals surface area contributed by atoms with Gasteiger partial charge in [0.15, 0.2) is 4.34 Å². The Hall–Kier alpha value is -0.560. The zero-order valence-electron chi connectivity index (χ0n) is 6.47. The lowest BCUT2D eigenvalue weighted by Crippen LogP contribution is -2.09. The normalized spacial score (nSPS) is 15.8. The Morgan fingerprint density at radius 1 is 1.46 bits per heavy atom. The minimum Gasteiger partial charge on any atom is -0.245 e. The number of fused-ring (bicyclic) bond motifs is 1. The molecule has 13 heavy (non-hydrogen) atoms. The highest BCUT2D eigenvalue weighted by atomic mass is 32.8. The molecule has 0 fully saturated rings. The van der Waals surface area contributed by atoms with E-state index in [9.17, 15) is 4.21 Å². The third kappa shape index (κ3) is 1.71. The molecule has 0 radical (unpaired) electrons. The summed E-state index contributed by atoms with van der Waals surface area (Å²) in [7, 11) is -2.82. The average molecular weight is 230 g/mol. The minimum atomic E-state index is -2.82. The molecule has 1 heterocycles. The van der Waals surface area contributed by atoms with Gasteiger partial charge in [-0.3, -0.25) is 0 Å². The highest BCUT2D eigenvalue weighted by Gasteiger charge is 2.09. The second-order valence-electron chi connectivity index (χ2n) is 2.49. The van der Waals surface area contributed by atoms with Crippen LogP contribution in [-0.2, 0) is 19.9 Å². The van der Waals surface area contributed by atoms with Crippen molar-refractivity contribution >= 4 is 41.4 Å². The Labute approximate surface area is 84.4 Å². The fraction of sp³-hybridized carbons (Fsp3) is 0. The van der Waals surface area contributed by atoms with Crippen LogP contribution in [0.25, 0.3) is 10.2 Å². The van der Waals surface area contributed by atoms with Crippen molar-refractivity contribution in [1.29, 1.82) is 0 Å². The summed E-state index contributed by atoms with van der Waals surface area (Å²) in [6, 6.07) is 7.51. The Morgan fingerprint density at radius 3 is 2.77 bits per heavy atom. The summed E-state index contributed by atoms with van der Waals surface area (Å²) < 4.78 is 12.6. The first-order chi connectivity index (χ1) is 6.07. The maximum atomic E-state index is 11.3. The van der Waals surface area contributed by atoms with Gasteiger partial charge in [0.05, 0.1) is 10.2 Å². The topological polar surface area (TPSA) is 56.0 Å². The van der Waals surface area contributed by atoms with E-state index in [4.69, 9.17) is 5.14 Å². The number of para-hydroxylation sites is 1. The van der Waals surface area contributed by atoms with Crippen molar-refractivity contribution in [3.63, 3.8) is 0 Å². The van der Waals surface area contributed by atoms with Gasteiger partial charge < -0.3 is 0 Å². The van der Waals surface area contributed by atoms with Gasteiger partial charge in [-0.2, -0.15) is 0 Å². The maximum Gasteiger partial charge on any atom is 0.198 e. The Kier molecular flexibility index (Phi) is 2.07. The molecule has 68 valence electrons. The van der Waals surface area contributed by atoms with E-state index >= 15 is 0 Å². The average Bonchev–Trinajstić information content (AvgIpc) is 2.45. The molecule has 1 aromatic heterocycles. The van der Waals surface area contributed by atoms with Gasteiger partial charge >= 0.3 is 0 Å². The molecular weight excluding hydrogens is 224 g/mol. The van der Waals surface area contributed by atoms with Crippen LogP contribution in [0.3, 0.4) is 0 Å². The SMILES string of the molecule is NS(=O)(=S)c1nc2ccccc2s1. The highest BCUT2D eigenvalue weighted by Crippen LogP contribution is 2.23. The third-order valence-corrected chi connectivity index (χ3v) is 4.71. The van der Waals surface area contributed by atoms with E-state index in [1.807, 2.05) is 24.3 Å². The number of benzene rings is 1. The van der Waals surface area contributed by atoms with Gasteiger partial charge in [-0.1, -0.05) is 12.1 Å². The van der Waals surface area contributed by atoms with Crippen LogP contribution in [0, 0.1) is 0 Å². The van der Waals surface area contributed by atoms with E-state index in [0.717, 1.165) is 10.2 Å². The lowest BCUT2D eigenvalue weighted by atomic mass is 10.3. The fourth-order valence-corrected chi connectivity index (χ4v) is 3.05. The van der Waals surface area contributed by atoms with Crippen LogP contribution in [0.1, 0.15) is 0 Å². The lowest BCUT2D eigenvalue weighted by Gasteiger charge is -1.89. The summed E-state index contributed by atoms with van der Waals surface area (Å²) in [5.74, 6) is 0. The van der Waals surface area contributed by atoms with Gasteiger partial charge in [-0.05, 0) is 12.1 Å². The van der Waals surface area contributed by atoms with Crippen LogP contribution in [0.2, 0.25) is 0 Å². The molecule has 0 aliphatic heterocycles. The first-order valence-electron chi connectivity index (χ1n) is 3.46. The van der Waals surface area contributed by atoms with Crippen molar-refractivity contribution in [2.75, 3.05) is 0 Å². The number of rotatable bonds is 1. The molecule has 1 aromatic carbocycles. The molecule has 2 rings (SSSR count). The summed E-state index contributed by atoms with van der Waals surface area (Å²) in [4.78, 5) is 4.10. The second-order valence-corrected chi connectivity index (χ2v) is 6.74. The predicted octanol–water partition coefficient (Wildman–Crippen LogP) is 1.28. The smallest absolute Gasteiger partial charge is 0.198 e. The quantitative estimate of drug-likeness (QED) is 0.803. The third-order valence-electron chi connectivity index (χ3n) is 1.52. The fourth-order valence-electron chi connectivity index (χ4n) is 0.973. The van der Waals surface area contributed by atoms with Crippen molar-refractivity contribution < 1.29 is 4.21 Å². The van der Waals surface area contributed by atoms with Crippen molar-refractivity contribution in [3.05, 3.63) is 24.3 Å². The summed E-state index contributed by atoms with van der Waals surface area (Å²) in [5.41, 5.74) is 0.797. The summed E-state index contributed by atoms with van der Waals surface area (Å²) >= 11 is 5.93. The molecule has 0 amide bonds. The van der Waals surface area contributed by atoms with E-state index in [1.165, 1.54) is 11.3 Å². The van der Waals surface area contributed by atoms with E-state index in [-0.39, 0.29) is 0 Å². The van der Waals surface area contributed by atoms with Gasteiger partial charge in [0, 0.05) is 11.2 Å². The van der Waals surface area contributed by atoms with Crippen LogP contribution in [0.4, 0.5) is 0 Å². The number of hydrogen-bond acceptors (Lipinski definition) is 4. The summed E-state index contributed by atoms with van der Waals surface area (Å²) in [6.45, 7) is 0. The minimum absolute atomic E-state index is 0.337. The van der Waals surface area contributed by atoms with Gasteiger partial charge in [0.2, 0.25) is 0 Å². The van der Waals surface area contributed by atoms with Crippen LogP contribution in [-0.4, -0.2) is 9.19 Å². The second kappa shape index (κ2) is 2.98. The standard InChI is InChI=1S/C7H6N2OS3/c8-13(10,11)7-9-5-3-1-2-4-6(5)12-7/h1-4H,(H2,8,10,11). The molecule has 2 aromatic rings. The van der Waals surface area contributed by atoms with Crippen LogP contribution in [0.5, 0.6) is 0 Å². The predicted molar refractivity (Wildman–Crippen MR) is 57.6 cm³/mol. The van der Waals surface area contributed by atoms with Crippen LogP contribution < -0.4 is 5.14 Å². The van der Waals surface area contributed by atoms with Gasteiger partial charge in [0.1, 0.15) is 8.68 Å². The van der Waals surface area contributed by atoms with Crippen molar-refractivity contribution in [2.24, 2.45) is 5.14 Å². The molecule has 0 aliphatic carbocycles. The first-order valence-corrected chi connectivity index (χ1v) is 6.82. The van der Waals surface area contributed by atoms with E-state index < -0.39 is 8.68 Å². The molecule has 6 heteroatoms. The molecule has 0 aliphatic rings. The van der Waals surface area contributed by atoms with E-state index in [2.05, 4.69) is 16.2 Å². The Balaban J connectivity index is 2.77. The maximum absolute atomic E-state index is 11.3. The lowest BCUT2D eigenvalue weighted by molar-refractivity contribution is 0.682. The molecule has 0 saturated carbocycles. The molecular formula is C7H6N2OS3. The first kappa shape index (κ1) is 9.01. The van der Waals surface area contributed by atoms with Gasteiger partial charge in [0.25, 0.3) is 0 Å². The van der Waals surface area contributed by atoms with Crippen molar-refractivity contribution in [1.82, 2.24) is 4.98 Å². The molecule has 0 saturated heterocycles. The zero-order chi connectivity index (χ0) is 9.47. The van der Waals surface area contributed by atoms with Gasteiger partial charge in [-0.15, -0.1) is 11.3 Å². The number of thiazole rings is 1. The van der Waals surface area contributed by atoms with Crippen molar-refractivity contribution in [3.8, 4) is 0 Å². The number of hydrogen-bond donors (Lipinski definition) is 1. The Morgan fingerprint density at radius 2 is 2.15 bits per heavy atom. The highest BCUT2D eigenvalue weighted by molar-refractivity contribution is 8.32. The number of nitrogens with two attached hydrogens (primary N) is 1. The molecule has 1 atom stereocenters. The van der Waals surface area contributed by atoms with Crippen LogP contribution >= 0.6 is 11.3 Å². The molecule has 0 spiro atoms. The molecule has 0 bridgehead atoms. The van der Waals surface area contributed by atoms with E-state index in [1.54, 1.807) is 0 Å². The molecule has 2 N–H and O–H groups in total. The van der Waals surface area contributed by atoms with Crippen molar-refractivity contribution in [2.45, 2.75) is 4.34 Å². The van der Waals surface area contributed by atoms with E-state index in [0.29, 0.717) is 4.34 Å². The van der Waals surface area contributed by atoms with Gasteiger partial charge in [-0.25, -0.2) is 14.3 Å². The van der Waals surface area contributed by atoms with Crippen LogP contribution in [0.15, 0.2) is 28.6 Å². The zero-order valence-corrected chi connectivity index (χ0v) is 8.92. The molecule has 1 unspecified atom stereocenters. The Bertz CT molecular complexity index is 511.